The van der Waals surface area contributed by atoms with E-state index in [1.54, 1.807) is 26.8 Å². The number of carbonyl (C=O) groups excluding carboxylic acids is 3. The van der Waals surface area contributed by atoms with Gasteiger partial charge in [0.15, 0.2) is 0 Å². The maximum atomic E-state index is 12.9. The first-order valence-electron chi connectivity index (χ1n) is 9.18. The van der Waals surface area contributed by atoms with Gasteiger partial charge < -0.3 is 4.57 Å². The summed E-state index contributed by atoms with van der Waals surface area (Å²) in [5.41, 5.74) is 4.06. The summed E-state index contributed by atoms with van der Waals surface area (Å²) in [5, 5.41) is 2.27. The van der Waals surface area contributed by atoms with Gasteiger partial charge in [-0.2, -0.15) is 0 Å². The van der Waals surface area contributed by atoms with Gasteiger partial charge in [0.05, 0.1) is 0 Å². The van der Waals surface area contributed by atoms with Crippen LogP contribution in [0.3, 0.4) is 0 Å². The first kappa shape index (κ1) is 19.6. The van der Waals surface area contributed by atoms with Crippen molar-refractivity contribution in [1.82, 2.24) is 14.8 Å². The molecule has 0 bridgehead atoms. The van der Waals surface area contributed by atoms with E-state index < -0.39 is 23.4 Å². The average molecular weight is 379 g/mol. The number of urea groups is 1. The quantitative estimate of drug-likeness (QED) is 0.639. The Balaban J connectivity index is 2.07. The van der Waals surface area contributed by atoms with Crippen LogP contribution in [-0.2, 0) is 9.59 Å². The highest BCUT2D eigenvalue weighted by Crippen LogP contribution is 2.26. The van der Waals surface area contributed by atoms with Gasteiger partial charge in [-0.25, -0.2) is 4.79 Å². The molecule has 1 aliphatic rings. The molecule has 6 heteroatoms. The number of amides is 4. The van der Waals surface area contributed by atoms with Crippen molar-refractivity contribution in [2.24, 2.45) is 0 Å². The molecule has 0 radical (unpaired) electrons. The standard InChI is InChI=1S/C22H25N3O3/c1-13-7-9-17(10-8-13)24-14(2)11-16(15(24)3)12-18-19(26)23-21(28)25(20(18)27)22(4,5)6/h7-12H,1-6H3,(H,23,26,28). The molecule has 1 aromatic heterocycles. The smallest absolute Gasteiger partial charge is 0.318 e. The minimum absolute atomic E-state index is 0.0429. The molecule has 1 fully saturated rings. The van der Waals surface area contributed by atoms with Gasteiger partial charge >= 0.3 is 6.03 Å². The van der Waals surface area contributed by atoms with Crippen LogP contribution in [0, 0.1) is 20.8 Å². The van der Waals surface area contributed by atoms with Crippen LogP contribution in [0.4, 0.5) is 4.79 Å². The second-order valence-electron chi connectivity index (χ2n) is 8.13. The molecule has 4 amide bonds. The zero-order chi connectivity index (χ0) is 20.8. The first-order chi connectivity index (χ1) is 13.0. The summed E-state index contributed by atoms with van der Waals surface area (Å²) < 4.78 is 2.07. The lowest BCUT2D eigenvalue weighted by molar-refractivity contribution is -0.133. The molecule has 1 aromatic carbocycles. The lowest BCUT2D eigenvalue weighted by atomic mass is 10.0. The van der Waals surface area contributed by atoms with E-state index in [0.717, 1.165) is 27.5 Å². The molecule has 3 rings (SSSR count). The number of hydrogen-bond donors (Lipinski definition) is 1. The van der Waals surface area contributed by atoms with Crippen molar-refractivity contribution in [3.63, 3.8) is 0 Å². The Bertz CT molecular complexity index is 1000. The topological polar surface area (TPSA) is 71.4 Å². The van der Waals surface area contributed by atoms with Crippen LogP contribution in [0.5, 0.6) is 0 Å². The van der Waals surface area contributed by atoms with Crippen molar-refractivity contribution in [1.29, 1.82) is 0 Å². The number of nitrogens with one attached hydrogen (secondary N) is 1. The van der Waals surface area contributed by atoms with Gasteiger partial charge in [0.1, 0.15) is 5.57 Å². The Labute approximate surface area is 164 Å². The number of carbonyl (C=O) groups is 3. The van der Waals surface area contributed by atoms with Crippen molar-refractivity contribution in [2.75, 3.05) is 0 Å². The monoisotopic (exact) mass is 379 g/mol. The predicted octanol–water partition coefficient (Wildman–Crippen LogP) is 3.66. The van der Waals surface area contributed by atoms with E-state index in [1.807, 2.05) is 51.1 Å². The highest BCUT2D eigenvalue weighted by Gasteiger charge is 2.41. The molecule has 2 aromatic rings. The molecule has 28 heavy (non-hydrogen) atoms. The van der Waals surface area contributed by atoms with Crippen LogP contribution >= 0.6 is 0 Å². The summed E-state index contributed by atoms with van der Waals surface area (Å²) >= 11 is 0. The second kappa shape index (κ2) is 6.78. The highest BCUT2D eigenvalue weighted by atomic mass is 16.2. The number of benzene rings is 1. The predicted molar refractivity (Wildman–Crippen MR) is 108 cm³/mol. The molecule has 1 aliphatic heterocycles. The summed E-state index contributed by atoms with van der Waals surface area (Å²) in [7, 11) is 0. The van der Waals surface area contributed by atoms with E-state index in [2.05, 4.69) is 9.88 Å². The van der Waals surface area contributed by atoms with Crippen molar-refractivity contribution in [3.05, 3.63) is 58.4 Å². The summed E-state index contributed by atoms with van der Waals surface area (Å²) in [4.78, 5) is 38.4. The van der Waals surface area contributed by atoms with Crippen LogP contribution in [0.1, 0.15) is 43.3 Å². The lowest BCUT2D eigenvalue weighted by Gasteiger charge is -2.36. The summed E-state index contributed by atoms with van der Waals surface area (Å²) in [6.45, 7) is 11.2. The van der Waals surface area contributed by atoms with E-state index in [1.165, 1.54) is 5.56 Å². The average Bonchev–Trinajstić information content (AvgIpc) is 2.85. The van der Waals surface area contributed by atoms with Gasteiger partial charge in [0.25, 0.3) is 11.8 Å². The number of barbiturate groups is 1. The molecule has 0 aliphatic carbocycles. The highest BCUT2D eigenvalue weighted by molar-refractivity contribution is 6.31. The van der Waals surface area contributed by atoms with Crippen molar-refractivity contribution in [2.45, 2.75) is 47.1 Å². The molecule has 0 spiro atoms. The minimum atomic E-state index is -0.736. The number of hydrogen-bond acceptors (Lipinski definition) is 3. The molecular weight excluding hydrogens is 354 g/mol. The number of imide groups is 2. The SMILES string of the molecule is Cc1ccc(-n2c(C)cc(C=C3C(=O)NC(=O)N(C(C)(C)C)C3=O)c2C)cc1. The Hall–Kier alpha value is -3.15. The van der Waals surface area contributed by atoms with E-state index in [0.29, 0.717) is 0 Å². The van der Waals surface area contributed by atoms with Crippen LogP contribution in [0.15, 0.2) is 35.9 Å². The molecule has 1 saturated heterocycles. The number of aryl methyl sites for hydroxylation is 2. The van der Waals surface area contributed by atoms with Crippen LogP contribution in [0.25, 0.3) is 11.8 Å². The Kier molecular flexibility index (Phi) is 4.75. The van der Waals surface area contributed by atoms with E-state index in [-0.39, 0.29) is 5.57 Å². The molecule has 2 heterocycles. The second-order valence-corrected chi connectivity index (χ2v) is 8.13. The molecule has 1 N–H and O–H groups in total. The number of nitrogens with zero attached hydrogens (tertiary/aromatic N) is 2. The van der Waals surface area contributed by atoms with Crippen molar-refractivity contribution >= 4 is 23.9 Å². The van der Waals surface area contributed by atoms with Crippen LogP contribution in [0.2, 0.25) is 0 Å². The van der Waals surface area contributed by atoms with E-state index in [9.17, 15) is 14.4 Å². The van der Waals surface area contributed by atoms with Crippen molar-refractivity contribution in [3.8, 4) is 5.69 Å². The number of rotatable bonds is 2. The van der Waals surface area contributed by atoms with Gasteiger partial charge in [0, 0.05) is 22.6 Å². The van der Waals surface area contributed by atoms with Crippen LogP contribution < -0.4 is 5.32 Å². The lowest BCUT2D eigenvalue weighted by Crippen LogP contribution is -2.60. The first-order valence-corrected chi connectivity index (χ1v) is 9.18. The van der Waals surface area contributed by atoms with E-state index >= 15 is 0 Å². The maximum absolute atomic E-state index is 12.9. The molecule has 146 valence electrons. The summed E-state index contributed by atoms with van der Waals surface area (Å²) in [6.07, 6.45) is 1.57. The fourth-order valence-electron chi connectivity index (χ4n) is 3.45. The molecule has 6 nitrogen and oxygen atoms in total. The van der Waals surface area contributed by atoms with Gasteiger partial charge in [-0.1, -0.05) is 17.7 Å². The zero-order valence-electron chi connectivity index (χ0n) is 17.1. The Morgan fingerprint density at radius 2 is 1.57 bits per heavy atom. The summed E-state index contributed by atoms with van der Waals surface area (Å²) in [6, 6.07) is 9.38. The Morgan fingerprint density at radius 3 is 2.14 bits per heavy atom. The Morgan fingerprint density at radius 1 is 0.964 bits per heavy atom. The van der Waals surface area contributed by atoms with Crippen molar-refractivity contribution < 1.29 is 14.4 Å². The third kappa shape index (κ3) is 3.38. The number of aromatic nitrogens is 1. The third-order valence-electron chi connectivity index (χ3n) is 4.83. The normalized spacial score (nSPS) is 16.7. The van der Waals surface area contributed by atoms with Gasteiger partial charge in [0.2, 0.25) is 0 Å². The molecular formula is C22H25N3O3. The fraction of sp³-hybridized carbons (Fsp3) is 0.318. The maximum Gasteiger partial charge on any atom is 0.331 e. The molecule has 0 atom stereocenters. The van der Waals surface area contributed by atoms with Gasteiger partial charge in [-0.05, 0) is 71.4 Å². The fourth-order valence-corrected chi connectivity index (χ4v) is 3.45. The van der Waals surface area contributed by atoms with Gasteiger partial charge in [-0.3, -0.25) is 19.8 Å². The zero-order valence-corrected chi connectivity index (χ0v) is 17.1. The minimum Gasteiger partial charge on any atom is -0.318 e. The largest absolute Gasteiger partial charge is 0.331 e. The van der Waals surface area contributed by atoms with E-state index in [4.69, 9.17) is 0 Å². The van der Waals surface area contributed by atoms with Crippen LogP contribution in [-0.4, -0.2) is 32.9 Å². The molecule has 0 saturated carbocycles. The molecule has 0 unspecified atom stereocenters. The third-order valence-corrected chi connectivity index (χ3v) is 4.83. The summed E-state index contributed by atoms with van der Waals surface area (Å²) in [5.74, 6) is -1.25. The van der Waals surface area contributed by atoms with Gasteiger partial charge in [-0.15, -0.1) is 0 Å².